The van der Waals surface area contributed by atoms with E-state index in [0.29, 0.717) is 6.54 Å². The molecule has 20 heavy (non-hydrogen) atoms. The minimum atomic E-state index is 0.650. The van der Waals surface area contributed by atoms with Crippen LogP contribution in [0.1, 0.15) is 76.8 Å². The molecule has 1 rings (SSSR count). The number of nitrogens with two attached hydrogens (primary N) is 1. The van der Waals surface area contributed by atoms with Crippen LogP contribution in [0.3, 0.4) is 0 Å². The number of unbranched alkanes of at least 4 members (excludes halogenated alkanes) is 9. The van der Waals surface area contributed by atoms with Crippen LogP contribution in [0.15, 0.2) is 6.20 Å². The molecule has 0 aliphatic rings. The zero-order chi connectivity index (χ0) is 14.5. The topological polar surface area (TPSA) is 56.7 Å². The van der Waals surface area contributed by atoms with Gasteiger partial charge in [0.15, 0.2) is 0 Å². The first kappa shape index (κ1) is 17.2. The molecule has 0 aliphatic heterocycles. The predicted molar refractivity (Wildman–Crippen MR) is 84.6 cm³/mol. The van der Waals surface area contributed by atoms with Gasteiger partial charge in [-0.25, -0.2) is 0 Å². The third-order valence-corrected chi connectivity index (χ3v) is 3.73. The van der Waals surface area contributed by atoms with E-state index in [1.165, 1.54) is 64.2 Å². The van der Waals surface area contributed by atoms with E-state index in [0.717, 1.165) is 18.7 Å². The van der Waals surface area contributed by atoms with Crippen molar-refractivity contribution in [1.29, 1.82) is 0 Å². The number of rotatable bonds is 13. The maximum atomic E-state index is 5.50. The van der Waals surface area contributed by atoms with Gasteiger partial charge < -0.3 is 5.73 Å². The molecule has 1 heterocycles. The Morgan fingerprint density at radius 1 is 0.950 bits per heavy atom. The van der Waals surface area contributed by atoms with Gasteiger partial charge in [-0.05, 0) is 13.0 Å². The Morgan fingerprint density at radius 3 is 2.15 bits per heavy atom. The molecule has 0 amide bonds. The second-order valence-corrected chi connectivity index (χ2v) is 5.69. The van der Waals surface area contributed by atoms with E-state index in [9.17, 15) is 0 Å². The fourth-order valence-electron chi connectivity index (χ4n) is 2.47. The quantitative estimate of drug-likeness (QED) is 0.560. The van der Waals surface area contributed by atoms with Crippen LogP contribution in [0.5, 0.6) is 0 Å². The molecule has 0 unspecified atom stereocenters. The van der Waals surface area contributed by atoms with Crippen molar-refractivity contribution in [3.8, 4) is 0 Å². The Bertz CT molecular complexity index is 322. The summed E-state index contributed by atoms with van der Waals surface area (Å²) in [5.74, 6) is 0. The first-order valence-corrected chi connectivity index (χ1v) is 8.46. The van der Waals surface area contributed by atoms with Crippen LogP contribution in [0.2, 0.25) is 0 Å². The molecule has 0 aliphatic carbocycles. The van der Waals surface area contributed by atoms with Gasteiger partial charge in [-0.1, -0.05) is 69.9 Å². The number of hydrogen-bond donors (Lipinski definition) is 1. The molecule has 0 fully saturated rings. The van der Waals surface area contributed by atoms with Crippen LogP contribution >= 0.6 is 0 Å². The summed E-state index contributed by atoms with van der Waals surface area (Å²) in [7, 11) is 0. The third-order valence-electron chi connectivity index (χ3n) is 3.73. The molecule has 0 radical (unpaired) electrons. The van der Waals surface area contributed by atoms with E-state index in [1.54, 1.807) is 0 Å². The Hall–Kier alpha value is -0.900. The molecule has 0 bridgehead atoms. The molecule has 1 aromatic heterocycles. The summed E-state index contributed by atoms with van der Waals surface area (Å²) in [6, 6.07) is 0. The van der Waals surface area contributed by atoms with Crippen molar-refractivity contribution in [2.45, 2.75) is 84.1 Å². The summed E-state index contributed by atoms with van der Waals surface area (Å²) >= 11 is 0. The van der Waals surface area contributed by atoms with Gasteiger partial charge in [-0.15, -0.1) is 5.10 Å². The lowest BCUT2D eigenvalue weighted by Crippen LogP contribution is -2.02. The van der Waals surface area contributed by atoms with Crippen LogP contribution < -0.4 is 5.73 Å². The normalized spacial score (nSPS) is 11.1. The molecule has 0 saturated heterocycles. The van der Waals surface area contributed by atoms with Crippen molar-refractivity contribution >= 4 is 0 Å². The van der Waals surface area contributed by atoms with Crippen molar-refractivity contribution in [1.82, 2.24) is 15.0 Å². The number of aromatic nitrogens is 3. The lowest BCUT2D eigenvalue weighted by molar-refractivity contribution is 0.507. The highest BCUT2D eigenvalue weighted by molar-refractivity contribution is 4.92. The molecule has 0 atom stereocenters. The number of nitrogens with zero attached hydrogens (tertiary/aromatic N) is 3. The average molecular weight is 280 g/mol. The SMILES string of the molecule is CCCCCCCCCCCCn1cc(CCN)nn1. The highest BCUT2D eigenvalue weighted by Crippen LogP contribution is 2.10. The first-order chi connectivity index (χ1) is 9.86. The standard InChI is InChI=1S/C16H32N4/c1-2-3-4-5-6-7-8-9-10-11-14-20-15-16(12-13-17)18-19-20/h15H,2-14,17H2,1H3. The Morgan fingerprint density at radius 2 is 1.55 bits per heavy atom. The van der Waals surface area contributed by atoms with Crippen LogP contribution in [-0.4, -0.2) is 21.5 Å². The minimum Gasteiger partial charge on any atom is -0.330 e. The van der Waals surface area contributed by atoms with Crippen LogP contribution in [0.25, 0.3) is 0 Å². The molecule has 1 aromatic rings. The Labute approximate surface area is 124 Å². The summed E-state index contributed by atoms with van der Waals surface area (Å²) in [4.78, 5) is 0. The van der Waals surface area contributed by atoms with E-state index >= 15 is 0 Å². The van der Waals surface area contributed by atoms with Gasteiger partial charge in [0.1, 0.15) is 0 Å². The van der Waals surface area contributed by atoms with Gasteiger partial charge in [0.05, 0.1) is 5.69 Å². The molecule has 2 N–H and O–H groups in total. The summed E-state index contributed by atoms with van der Waals surface area (Å²) in [6.45, 7) is 3.92. The lowest BCUT2D eigenvalue weighted by Gasteiger charge is -2.02. The summed E-state index contributed by atoms with van der Waals surface area (Å²) in [5.41, 5.74) is 6.51. The molecule has 116 valence electrons. The second-order valence-electron chi connectivity index (χ2n) is 5.69. The highest BCUT2D eigenvalue weighted by Gasteiger charge is 1.99. The fraction of sp³-hybridized carbons (Fsp3) is 0.875. The molecular formula is C16H32N4. The van der Waals surface area contributed by atoms with Crippen LogP contribution in [0, 0.1) is 0 Å². The van der Waals surface area contributed by atoms with Gasteiger partial charge in [0.25, 0.3) is 0 Å². The zero-order valence-electron chi connectivity index (χ0n) is 13.2. The van der Waals surface area contributed by atoms with E-state index in [1.807, 2.05) is 10.9 Å². The Kier molecular flexibility index (Phi) is 10.2. The smallest absolute Gasteiger partial charge is 0.0839 e. The number of hydrogen-bond acceptors (Lipinski definition) is 3. The Balaban J connectivity index is 1.89. The maximum Gasteiger partial charge on any atom is 0.0839 e. The zero-order valence-corrected chi connectivity index (χ0v) is 13.2. The average Bonchev–Trinajstić information content (AvgIpc) is 2.89. The maximum absolute atomic E-state index is 5.50. The first-order valence-electron chi connectivity index (χ1n) is 8.46. The number of aryl methyl sites for hydroxylation is 1. The van der Waals surface area contributed by atoms with Crippen LogP contribution in [0.4, 0.5) is 0 Å². The van der Waals surface area contributed by atoms with E-state index in [-0.39, 0.29) is 0 Å². The van der Waals surface area contributed by atoms with Crippen molar-refractivity contribution in [2.24, 2.45) is 5.73 Å². The van der Waals surface area contributed by atoms with Crippen LogP contribution in [-0.2, 0) is 13.0 Å². The monoisotopic (exact) mass is 280 g/mol. The molecule has 4 nitrogen and oxygen atoms in total. The van der Waals surface area contributed by atoms with E-state index < -0.39 is 0 Å². The highest BCUT2D eigenvalue weighted by atomic mass is 15.4. The van der Waals surface area contributed by atoms with Gasteiger partial charge in [0.2, 0.25) is 0 Å². The largest absolute Gasteiger partial charge is 0.330 e. The van der Waals surface area contributed by atoms with Gasteiger partial charge in [-0.2, -0.15) is 0 Å². The van der Waals surface area contributed by atoms with Crippen molar-refractivity contribution < 1.29 is 0 Å². The van der Waals surface area contributed by atoms with Gasteiger partial charge >= 0.3 is 0 Å². The van der Waals surface area contributed by atoms with Crippen molar-refractivity contribution in [2.75, 3.05) is 6.54 Å². The summed E-state index contributed by atoms with van der Waals surface area (Å²) in [5, 5.41) is 8.22. The molecular weight excluding hydrogens is 248 g/mol. The second kappa shape index (κ2) is 11.9. The molecule has 0 spiro atoms. The minimum absolute atomic E-state index is 0.650. The van der Waals surface area contributed by atoms with Gasteiger partial charge in [0, 0.05) is 19.2 Å². The van der Waals surface area contributed by atoms with E-state index in [2.05, 4.69) is 17.2 Å². The lowest BCUT2D eigenvalue weighted by atomic mass is 10.1. The van der Waals surface area contributed by atoms with Crippen molar-refractivity contribution in [3.05, 3.63) is 11.9 Å². The van der Waals surface area contributed by atoms with Crippen molar-refractivity contribution in [3.63, 3.8) is 0 Å². The summed E-state index contributed by atoms with van der Waals surface area (Å²) < 4.78 is 1.95. The predicted octanol–water partition coefficient (Wildman–Crippen LogP) is 3.70. The molecule has 0 aromatic carbocycles. The third kappa shape index (κ3) is 8.31. The van der Waals surface area contributed by atoms with Gasteiger partial charge in [-0.3, -0.25) is 4.68 Å². The summed E-state index contributed by atoms with van der Waals surface area (Å²) in [6.07, 6.45) is 16.6. The molecule has 0 saturated carbocycles. The fourth-order valence-corrected chi connectivity index (χ4v) is 2.47. The van der Waals surface area contributed by atoms with E-state index in [4.69, 9.17) is 5.73 Å². The molecule has 4 heteroatoms.